The van der Waals surface area contributed by atoms with Gasteiger partial charge in [-0.25, -0.2) is 0 Å². The van der Waals surface area contributed by atoms with Crippen molar-refractivity contribution in [3.63, 3.8) is 0 Å². The highest BCUT2D eigenvalue weighted by Gasteiger charge is 2.59. The average molecular weight is 242 g/mol. The topological polar surface area (TPSA) is 46.2 Å². The SMILES string of the molecule is C=C1O[C@@H]2OC(C)(C)OC2C2OC(C)(C)O[C@@H]12. The van der Waals surface area contributed by atoms with Gasteiger partial charge in [-0.05, 0) is 27.7 Å². The first-order chi connectivity index (χ1) is 7.77. The van der Waals surface area contributed by atoms with Gasteiger partial charge in [-0.1, -0.05) is 6.58 Å². The van der Waals surface area contributed by atoms with Gasteiger partial charge in [0.05, 0.1) is 0 Å². The Kier molecular flexibility index (Phi) is 2.18. The minimum Gasteiger partial charge on any atom is -0.464 e. The summed E-state index contributed by atoms with van der Waals surface area (Å²) < 4.78 is 28.7. The van der Waals surface area contributed by atoms with Crippen molar-refractivity contribution < 1.29 is 23.7 Å². The number of ether oxygens (including phenoxy) is 5. The highest BCUT2D eigenvalue weighted by Crippen LogP contribution is 2.44. The van der Waals surface area contributed by atoms with E-state index < -0.39 is 17.9 Å². The molecule has 0 saturated carbocycles. The summed E-state index contributed by atoms with van der Waals surface area (Å²) >= 11 is 0. The third-order valence-electron chi connectivity index (χ3n) is 3.13. The van der Waals surface area contributed by atoms with E-state index in [0.29, 0.717) is 5.76 Å². The predicted molar refractivity (Wildman–Crippen MR) is 57.9 cm³/mol. The molecule has 5 nitrogen and oxygen atoms in total. The van der Waals surface area contributed by atoms with Crippen LogP contribution in [0.1, 0.15) is 27.7 Å². The molecular formula is C12H18O5. The first-order valence-electron chi connectivity index (χ1n) is 5.84. The van der Waals surface area contributed by atoms with Crippen LogP contribution in [-0.4, -0.2) is 36.2 Å². The quantitative estimate of drug-likeness (QED) is 0.644. The summed E-state index contributed by atoms with van der Waals surface area (Å²) in [6.07, 6.45) is -1.25. The minimum absolute atomic E-state index is 0.224. The molecule has 3 rings (SSSR count). The summed E-state index contributed by atoms with van der Waals surface area (Å²) in [6.45, 7) is 11.3. The van der Waals surface area contributed by atoms with Crippen molar-refractivity contribution in [3.8, 4) is 0 Å². The predicted octanol–water partition coefficient (Wildman–Crippen LogP) is 1.53. The van der Waals surface area contributed by atoms with Crippen LogP contribution in [0.25, 0.3) is 0 Å². The molecule has 4 atom stereocenters. The van der Waals surface area contributed by atoms with E-state index in [2.05, 4.69) is 6.58 Å². The second-order valence-electron chi connectivity index (χ2n) is 5.57. The van der Waals surface area contributed by atoms with Crippen LogP contribution < -0.4 is 0 Å². The van der Waals surface area contributed by atoms with Crippen LogP contribution in [-0.2, 0) is 23.7 Å². The van der Waals surface area contributed by atoms with E-state index in [4.69, 9.17) is 23.7 Å². The summed E-state index contributed by atoms with van der Waals surface area (Å²) in [6, 6.07) is 0. The maximum absolute atomic E-state index is 5.86. The highest BCUT2D eigenvalue weighted by atomic mass is 16.9. The Labute approximate surface area is 101 Å². The number of rotatable bonds is 0. The Morgan fingerprint density at radius 3 is 2.18 bits per heavy atom. The maximum atomic E-state index is 5.86. The zero-order valence-electron chi connectivity index (χ0n) is 10.6. The third-order valence-corrected chi connectivity index (χ3v) is 3.13. The van der Waals surface area contributed by atoms with Crippen LogP contribution in [0.5, 0.6) is 0 Å². The van der Waals surface area contributed by atoms with Crippen molar-refractivity contribution in [2.75, 3.05) is 0 Å². The Morgan fingerprint density at radius 2 is 1.47 bits per heavy atom. The molecule has 3 saturated heterocycles. The summed E-state index contributed by atoms with van der Waals surface area (Å²) in [7, 11) is 0. The summed E-state index contributed by atoms with van der Waals surface area (Å²) in [5.41, 5.74) is 0. The number of hydrogen-bond acceptors (Lipinski definition) is 5. The van der Waals surface area contributed by atoms with Crippen molar-refractivity contribution in [1.29, 1.82) is 0 Å². The Hall–Kier alpha value is -0.620. The first-order valence-corrected chi connectivity index (χ1v) is 5.84. The minimum atomic E-state index is -0.666. The zero-order valence-corrected chi connectivity index (χ0v) is 10.6. The van der Waals surface area contributed by atoms with E-state index >= 15 is 0 Å². The van der Waals surface area contributed by atoms with E-state index in [-0.39, 0.29) is 18.3 Å². The number of hydrogen-bond donors (Lipinski definition) is 0. The fraction of sp³-hybridized carbons (Fsp3) is 0.833. The van der Waals surface area contributed by atoms with Crippen molar-refractivity contribution in [1.82, 2.24) is 0 Å². The van der Waals surface area contributed by atoms with Gasteiger partial charge in [0.2, 0.25) is 6.29 Å². The highest BCUT2D eigenvalue weighted by molar-refractivity contribution is 5.10. The lowest BCUT2D eigenvalue weighted by atomic mass is 10.0. The Balaban J connectivity index is 1.88. The van der Waals surface area contributed by atoms with Gasteiger partial charge in [0.1, 0.15) is 18.0 Å². The number of fused-ring (bicyclic) bond motifs is 3. The second kappa shape index (κ2) is 3.23. The molecule has 0 spiro atoms. The third kappa shape index (κ3) is 1.78. The van der Waals surface area contributed by atoms with Crippen molar-refractivity contribution in [3.05, 3.63) is 12.3 Å². The first kappa shape index (κ1) is 11.5. The standard InChI is InChI=1S/C12H18O5/c1-6-7-8(15-11(2,3)14-7)9-10(13-6)17-12(4,5)16-9/h7-10H,1H2,2-5H3/t7-,8?,9?,10+/m0/s1. The van der Waals surface area contributed by atoms with Gasteiger partial charge in [-0.2, -0.15) is 0 Å². The molecule has 3 fully saturated rings. The van der Waals surface area contributed by atoms with Gasteiger partial charge < -0.3 is 23.7 Å². The molecule has 3 aliphatic rings. The van der Waals surface area contributed by atoms with Crippen LogP contribution in [0, 0.1) is 0 Å². The van der Waals surface area contributed by atoms with Gasteiger partial charge in [0.25, 0.3) is 0 Å². The molecule has 2 unspecified atom stereocenters. The molecule has 3 aliphatic heterocycles. The van der Waals surface area contributed by atoms with Gasteiger partial charge in [-0.15, -0.1) is 0 Å². The molecule has 0 radical (unpaired) electrons. The Morgan fingerprint density at radius 1 is 0.882 bits per heavy atom. The molecule has 0 aromatic heterocycles. The van der Waals surface area contributed by atoms with Crippen LogP contribution in [0.3, 0.4) is 0 Å². The van der Waals surface area contributed by atoms with Crippen molar-refractivity contribution >= 4 is 0 Å². The van der Waals surface area contributed by atoms with Crippen LogP contribution in [0.2, 0.25) is 0 Å². The van der Waals surface area contributed by atoms with Crippen LogP contribution >= 0.6 is 0 Å². The molecule has 0 N–H and O–H groups in total. The van der Waals surface area contributed by atoms with E-state index in [1.807, 2.05) is 27.7 Å². The van der Waals surface area contributed by atoms with E-state index in [0.717, 1.165) is 0 Å². The normalized spacial score (nSPS) is 46.2. The molecule has 0 aromatic rings. The summed E-state index contributed by atoms with van der Waals surface area (Å²) in [5, 5.41) is 0. The van der Waals surface area contributed by atoms with Gasteiger partial charge in [-0.3, -0.25) is 0 Å². The van der Waals surface area contributed by atoms with E-state index in [1.54, 1.807) is 0 Å². The molecule has 0 aromatic carbocycles. The lowest BCUT2D eigenvalue weighted by Gasteiger charge is -2.32. The fourth-order valence-electron chi connectivity index (χ4n) is 2.57. The second-order valence-corrected chi connectivity index (χ2v) is 5.57. The molecule has 17 heavy (non-hydrogen) atoms. The lowest BCUT2D eigenvalue weighted by molar-refractivity contribution is -0.187. The maximum Gasteiger partial charge on any atom is 0.231 e. The molecule has 0 aliphatic carbocycles. The monoisotopic (exact) mass is 242 g/mol. The zero-order chi connectivity index (χ0) is 12.4. The lowest BCUT2D eigenvalue weighted by Crippen LogP contribution is -2.48. The van der Waals surface area contributed by atoms with Gasteiger partial charge in [0, 0.05) is 0 Å². The largest absolute Gasteiger partial charge is 0.464 e. The molecule has 0 amide bonds. The van der Waals surface area contributed by atoms with E-state index in [9.17, 15) is 0 Å². The molecule has 5 heteroatoms. The van der Waals surface area contributed by atoms with Crippen LogP contribution in [0.15, 0.2) is 12.3 Å². The average Bonchev–Trinajstić information content (AvgIpc) is 2.62. The molecular weight excluding hydrogens is 224 g/mol. The van der Waals surface area contributed by atoms with Gasteiger partial charge >= 0.3 is 0 Å². The van der Waals surface area contributed by atoms with Gasteiger partial charge in [0.15, 0.2) is 17.7 Å². The molecule has 96 valence electrons. The summed E-state index contributed by atoms with van der Waals surface area (Å²) in [4.78, 5) is 0. The summed E-state index contributed by atoms with van der Waals surface area (Å²) in [5.74, 6) is -0.768. The molecule has 0 bridgehead atoms. The van der Waals surface area contributed by atoms with Crippen molar-refractivity contribution in [2.24, 2.45) is 0 Å². The molecule has 3 heterocycles. The fourth-order valence-corrected chi connectivity index (χ4v) is 2.57. The smallest absolute Gasteiger partial charge is 0.231 e. The van der Waals surface area contributed by atoms with Crippen LogP contribution in [0.4, 0.5) is 0 Å². The van der Waals surface area contributed by atoms with Crippen molar-refractivity contribution in [2.45, 2.75) is 63.9 Å². The van der Waals surface area contributed by atoms with E-state index in [1.165, 1.54) is 0 Å². The Bertz CT molecular complexity index is 362.